The van der Waals surface area contributed by atoms with Gasteiger partial charge in [-0.1, -0.05) is 18.1 Å². The number of carbonyl (C=O) groups excluding carboxylic acids is 1. The van der Waals surface area contributed by atoms with E-state index in [0.717, 1.165) is 17.4 Å². The minimum Gasteiger partial charge on any atom is -0.303 e. The van der Waals surface area contributed by atoms with E-state index in [1.54, 1.807) is 6.92 Å². The van der Waals surface area contributed by atoms with E-state index in [9.17, 15) is 4.79 Å². The normalized spacial score (nSPS) is 8.42. The number of hydrogen-bond donors (Lipinski definition) is 0. The van der Waals surface area contributed by atoms with E-state index >= 15 is 0 Å². The molecular weight excluding hydrogens is 148 g/mol. The predicted octanol–water partition coefficient (Wildman–Crippen LogP) is 1.80. The molecule has 0 aliphatic rings. The van der Waals surface area contributed by atoms with E-state index in [1.165, 1.54) is 0 Å². The van der Waals surface area contributed by atoms with Gasteiger partial charge < -0.3 is 4.79 Å². The van der Waals surface area contributed by atoms with Crippen LogP contribution in [0.15, 0.2) is 24.3 Å². The Labute approximate surface area is 72.4 Å². The van der Waals surface area contributed by atoms with Crippen molar-refractivity contribution in [3.05, 3.63) is 35.4 Å². The van der Waals surface area contributed by atoms with E-state index in [4.69, 9.17) is 0 Å². The largest absolute Gasteiger partial charge is 0.303 e. The molecule has 0 heterocycles. The van der Waals surface area contributed by atoms with Crippen molar-refractivity contribution in [2.45, 2.75) is 13.3 Å². The van der Waals surface area contributed by atoms with Crippen molar-refractivity contribution >= 4 is 6.29 Å². The Morgan fingerprint density at radius 2 is 2.00 bits per heavy atom. The van der Waals surface area contributed by atoms with E-state index in [1.807, 2.05) is 24.3 Å². The standard InChI is InChI=1S/C11H10O/c1-2-3-10-4-6-11(7-5-10)8-9-12/h4-7,9H,8H2,1H3. The molecule has 0 aromatic heterocycles. The van der Waals surface area contributed by atoms with Gasteiger partial charge in [0.1, 0.15) is 6.29 Å². The molecule has 1 heteroatoms. The Kier molecular flexibility index (Phi) is 3.10. The third kappa shape index (κ3) is 2.25. The zero-order chi connectivity index (χ0) is 8.81. The fourth-order valence-electron chi connectivity index (χ4n) is 0.965. The molecule has 1 rings (SSSR count). The summed E-state index contributed by atoms with van der Waals surface area (Å²) >= 11 is 0. The average molecular weight is 158 g/mol. The van der Waals surface area contributed by atoms with E-state index in [0.29, 0.717) is 6.42 Å². The van der Waals surface area contributed by atoms with Crippen LogP contribution in [-0.4, -0.2) is 6.29 Å². The summed E-state index contributed by atoms with van der Waals surface area (Å²) in [4.78, 5) is 10.2. The monoisotopic (exact) mass is 158 g/mol. The van der Waals surface area contributed by atoms with Gasteiger partial charge in [0.05, 0.1) is 0 Å². The van der Waals surface area contributed by atoms with Gasteiger partial charge in [0.15, 0.2) is 0 Å². The zero-order valence-corrected chi connectivity index (χ0v) is 7.00. The van der Waals surface area contributed by atoms with Gasteiger partial charge in [-0.25, -0.2) is 0 Å². The second-order valence-corrected chi connectivity index (χ2v) is 2.44. The Hall–Kier alpha value is -1.55. The van der Waals surface area contributed by atoms with Gasteiger partial charge in [0.25, 0.3) is 0 Å². The van der Waals surface area contributed by atoms with Crippen LogP contribution in [0.4, 0.5) is 0 Å². The molecule has 1 nitrogen and oxygen atoms in total. The molecule has 0 unspecified atom stereocenters. The summed E-state index contributed by atoms with van der Waals surface area (Å²) in [5, 5.41) is 0. The number of rotatable bonds is 2. The molecule has 60 valence electrons. The van der Waals surface area contributed by atoms with Crippen LogP contribution >= 0.6 is 0 Å². The van der Waals surface area contributed by atoms with Crippen molar-refractivity contribution in [2.24, 2.45) is 0 Å². The van der Waals surface area contributed by atoms with Crippen LogP contribution in [0.3, 0.4) is 0 Å². The Balaban J connectivity index is 2.82. The molecule has 0 fully saturated rings. The summed E-state index contributed by atoms with van der Waals surface area (Å²) in [6.07, 6.45) is 1.39. The lowest BCUT2D eigenvalue weighted by atomic mass is 10.1. The van der Waals surface area contributed by atoms with Crippen molar-refractivity contribution in [2.75, 3.05) is 0 Å². The molecule has 0 radical (unpaired) electrons. The van der Waals surface area contributed by atoms with Gasteiger partial charge in [-0.3, -0.25) is 0 Å². The quantitative estimate of drug-likeness (QED) is 0.474. The first-order valence-electron chi connectivity index (χ1n) is 3.82. The van der Waals surface area contributed by atoms with Crippen molar-refractivity contribution in [1.82, 2.24) is 0 Å². The molecule has 0 aliphatic heterocycles. The molecule has 1 aromatic carbocycles. The summed E-state index contributed by atoms with van der Waals surface area (Å²) in [6, 6.07) is 7.70. The summed E-state index contributed by atoms with van der Waals surface area (Å²) < 4.78 is 0. The fraction of sp³-hybridized carbons (Fsp3) is 0.182. The van der Waals surface area contributed by atoms with Crippen molar-refractivity contribution in [1.29, 1.82) is 0 Å². The Bertz CT molecular complexity index is 311. The molecule has 0 bridgehead atoms. The third-order valence-corrected chi connectivity index (χ3v) is 1.54. The maximum Gasteiger partial charge on any atom is 0.124 e. The summed E-state index contributed by atoms with van der Waals surface area (Å²) in [7, 11) is 0. The van der Waals surface area contributed by atoms with Gasteiger partial charge in [-0.05, 0) is 24.6 Å². The predicted molar refractivity (Wildman–Crippen MR) is 48.8 cm³/mol. The molecule has 0 amide bonds. The van der Waals surface area contributed by atoms with Gasteiger partial charge >= 0.3 is 0 Å². The summed E-state index contributed by atoms with van der Waals surface area (Å²) in [5.41, 5.74) is 2.03. The number of aldehydes is 1. The average Bonchev–Trinajstić information content (AvgIpc) is 2.09. The second kappa shape index (κ2) is 4.35. The minimum atomic E-state index is 0.486. The second-order valence-electron chi connectivity index (χ2n) is 2.44. The van der Waals surface area contributed by atoms with Crippen molar-refractivity contribution in [3.8, 4) is 11.8 Å². The first-order valence-corrected chi connectivity index (χ1v) is 3.82. The van der Waals surface area contributed by atoms with E-state index in [2.05, 4.69) is 11.8 Å². The maximum atomic E-state index is 10.2. The Morgan fingerprint density at radius 1 is 1.33 bits per heavy atom. The highest BCUT2D eigenvalue weighted by atomic mass is 16.1. The van der Waals surface area contributed by atoms with E-state index < -0.39 is 0 Å². The van der Waals surface area contributed by atoms with Crippen LogP contribution < -0.4 is 0 Å². The summed E-state index contributed by atoms with van der Waals surface area (Å²) in [6.45, 7) is 1.80. The van der Waals surface area contributed by atoms with Crippen LogP contribution in [-0.2, 0) is 11.2 Å². The lowest BCUT2D eigenvalue weighted by Gasteiger charge is -1.93. The molecule has 0 saturated heterocycles. The highest BCUT2D eigenvalue weighted by Crippen LogP contribution is 2.02. The molecule has 0 spiro atoms. The lowest BCUT2D eigenvalue weighted by Crippen LogP contribution is -1.84. The molecular formula is C11H10O. The van der Waals surface area contributed by atoms with Gasteiger partial charge in [0, 0.05) is 12.0 Å². The van der Waals surface area contributed by atoms with Gasteiger partial charge in [0.2, 0.25) is 0 Å². The molecule has 0 atom stereocenters. The smallest absolute Gasteiger partial charge is 0.124 e. The Morgan fingerprint density at radius 3 is 2.50 bits per heavy atom. The van der Waals surface area contributed by atoms with Crippen LogP contribution in [0.5, 0.6) is 0 Å². The zero-order valence-electron chi connectivity index (χ0n) is 7.00. The lowest BCUT2D eigenvalue weighted by molar-refractivity contribution is -0.107. The topological polar surface area (TPSA) is 17.1 Å². The highest BCUT2D eigenvalue weighted by Gasteiger charge is 1.90. The van der Waals surface area contributed by atoms with Crippen molar-refractivity contribution < 1.29 is 4.79 Å². The highest BCUT2D eigenvalue weighted by molar-refractivity contribution is 5.55. The molecule has 0 N–H and O–H groups in total. The third-order valence-electron chi connectivity index (χ3n) is 1.54. The maximum absolute atomic E-state index is 10.2. The van der Waals surface area contributed by atoms with Crippen LogP contribution in [0.25, 0.3) is 0 Å². The fourth-order valence-corrected chi connectivity index (χ4v) is 0.965. The molecule has 12 heavy (non-hydrogen) atoms. The number of carbonyl (C=O) groups is 1. The number of hydrogen-bond acceptors (Lipinski definition) is 1. The van der Waals surface area contributed by atoms with Crippen molar-refractivity contribution in [3.63, 3.8) is 0 Å². The van der Waals surface area contributed by atoms with E-state index in [-0.39, 0.29) is 0 Å². The van der Waals surface area contributed by atoms with Crippen LogP contribution in [0.1, 0.15) is 18.1 Å². The first-order chi connectivity index (χ1) is 5.86. The number of benzene rings is 1. The van der Waals surface area contributed by atoms with Gasteiger partial charge in [-0.15, -0.1) is 5.92 Å². The molecule has 0 aliphatic carbocycles. The molecule has 0 saturated carbocycles. The first kappa shape index (κ1) is 8.55. The van der Waals surface area contributed by atoms with Crippen LogP contribution in [0, 0.1) is 11.8 Å². The summed E-state index contributed by atoms with van der Waals surface area (Å²) in [5.74, 6) is 5.75. The van der Waals surface area contributed by atoms with Crippen LogP contribution in [0.2, 0.25) is 0 Å². The van der Waals surface area contributed by atoms with Gasteiger partial charge in [-0.2, -0.15) is 0 Å². The molecule has 1 aromatic rings. The minimum absolute atomic E-state index is 0.486. The SMILES string of the molecule is CC#Cc1ccc(CC=O)cc1.